The molecule has 2 atom stereocenters. The number of carboxylic acid groups (broad SMARTS) is 1. The molecule has 0 saturated carbocycles. The van der Waals surface area contributed by atoms with Crippen LogP contribution in [-0.4, -0.2) is 66.2 Å². The van der Waals surface area contributed by atoms with Gasteiger partial charge in [0.15, 0.2) is 0 Å². The molecule has 3 aromatic rings. The topological polar surface area (TPSA) is 142 Å². The molecule has 0 aliphatic heterocycles. The Morgan fingerprint density at radius 1 is 1.16 bits per heavy atom. The number of unbranched alkanes of at least 4 members (excludes halogenated alkanes) is 1. The van der Waals surface area contributed by atoms with Crippen LogP contribution in [0.15, 0.2) is 55.2 Å². The van der Waals surface area contributed by atoms with E-state index in [0.717, 1.165) is 17.0 Å². The maximum absolute atomic E-state index is 13.3. The maximum atomic E-state index is 13.3. The van der Waals surface area contributed by atoms with Crippen LogP contribution in [0.5, 0.6) is 5.75 Å². The number of ketones is 1. The molecule has 0 aliphatic carbocycles. The smallest absolute Gasteiger partial charge is 0.408 e. The molecule has 3 N–H and O–H groups in total. The highest BCUT2D eigenvalue weighted by molar-refractivity contribution is 6.42. The number of carbonyl (C=O) groups excluding carboxylic acids is 2. The first kappa shape index (κ1) is 27.4. The van der Waals surface area contributed by atoms with Crippen LogP contribution >= 0.6 is 0 Å². The van der Waals surface area contributed by atoms with Gasteiger partial charge in [0.25, 0.3) is 5.91 Å². The Hall–Kier alpha value is -4.15. The Kier molecular flexibility index (Phi) is 9.05. The van der Waals surface area contributed by atoms with E-state index in [-0.39, 0.29) is 18.8 Å². The molecule has 0 aliphatic rings. The molecule has 1 unspecified atom stereocenters. The number of hydrogen-bond acceptors (Lipinski definition) is 6. The zero-order valence-corrected chi connectivity index (χ0v) is 21.5. The number of H-pyrrole nitrogens is 1. The quantitative estimate of drug-likeness (QED) is 0.311. The first-order valence-corrected chi connectivity index (χ1v) is 12.2. The van der Waals surface area contributed by atoms with Gasteiger partial charge in [0.1, 0.15) is 24.2 Å². The number of benzene rings is 1. The molecule has 0 bridgehead atoms. The molecular formula is C26H34N6O5. The summed E-state index contributed by atoms with van der Waals surface area (Å²) in [4.78, 5) is 43.7. The van der Waals surface area contributed by atoms with Gasteiger partial charge >= 0.3 is 6.09 Å². The lowest BCUT2D eigenvalue weighted by molar-refractivity contribution is -0.139. The van der Waals surface area contributed by atoms with Gasteiger partial charge in [-0.15, -0.1) is 0 Å². The second kappa shape index (κ2) is 12.2. The zero-order chi connectivity index (χ0) is 27.0. The lowest BCUT2D eigenvalue weighted by Gasteiger charge is -2.41. The maximum Gasteiger partial charge on any atom is 0.408 e. The van der Waals surface area contributed by atoms with E-state index in [1.54, 1.807) is 24.7 Å². The van der Waals surface area contributed by atoms with E-state index in [1.165, 1.54) is 12.3 Å². The lowest BCUT2D eigenvalue weighted by Crippen LogP contribution is -2.58. The van der Waals surface area contributed by atoms with Gasteiger partial charge in [0.2, 0.25) is 5.78 Å². The van der Waals surface area contributed by atoms with Gasteiger partial charge in [-0.3, -0.25) is 19.6 Å². The van der Waals surface area contributed by atoms with Crippen LogP contribution < -0.4 is 10.1 Å². The van der Waals surface area contributed by atoms with Crippen LogP contribution in [-0.2, 0) is 9.59 Å². The molecule has 11 heteroatoms. The summed E-state index contributed by atoms with van der Waals surface area (Å²) in [5.74, 6) is -0.925. The van der Waals surface area contributed by atoms with Crippen LogP contribution in [0.3, 0.4) is 0 Å². The fourth-order valence-electron chi connectivity index (χ4n) is 3.99. The number of anilines is 1. The number of amides is 2. The summed E-state index contributed by atoms with van der Waals surface area (Å²) in [6.07, 6.45) is 6.87. The molecule has 11 nitrogen and oxygen atoms in total. The molecule has 1 aromatic carbocycles. The van der Waals surface area contributed by atoms with E-state index in [1.807, 2.05) is 50.6 Å². The lowest BCUT2D eigenvalue weighted by atomic mass is 9.84. The van der Waals surface area contributed by atoms with E-state index in [2.05, 4.69) is 20.5 Å². The van der Waals surface area contributed by atoms with Crippen molar-refractivity contribution in [1.82, 2.24) is 24.6 Å². The summed E-state index contributed by atoms with van der Waals surface area (Å²) in [6, 6.07) is 6.93. The SMILES string of the molecule is CCCC[C@@H](C(=O)C(=O)Nc1ccn[nH]1)N(C(=O)O)C(COc1ccc(-n2ccnc2)cc1)C(C)(C)C. The summed E-state index contributed by atoms with van der Waals surface area (Å²) >= 11 is 0. The summed E-state index contributed by atoms with van der Waals surface area (Å²) in [5, 5.41) is 19.0. The first-order chi connectivity index (χ1) is 17.6. The number of aromatic nitrogens is 4. The standard InChI is InChI=1S/C26H34N6O5/c1-5-6-7-20(23(33)24(34)29-22-12-13-28-30-22)32(25(35)36)21(26(2,3)4)16-37-19-10-8-18(9-11-19)31-15-14-27-17-31/h8-15,17,20-21H,5-7,16H2,1-4H3,(H,35,36)(H2,28,29,30,34)/t20-,21?/m0/s1. The van der Waals surface area contributed by atoms with Crippen LogP contribution in [0.2, 0.25) is 0 Å². The van der Waals surface area contributed by atoms with E-state index >= 15 is 0 Å². The minimum atomic E-state index is -1.29. The molecule has 2 amide bonds. The summed E-state index contributed by atoms with van der Waals surface area (Å²) in [5.41, 5.74) is 0.303. The van der Waals surface area contributed by atoms with E-state index < -0.39 is 35.3 Å². The molecule has 3 rings (SSSR count). The Labute approximate surface area is 215 Å². The molecule has 0 fully saturated rings. The molecule has 37 heavy (non-hydrogen) atoms. The number of hydrogen-bond donors (Lipinski definition) is 3. The molecule has 2 heterocycles. The van der Waals surface area contributed by atoms with Crippen LogP contribution in [0.1, 0.15) is 47.0 Å². The third-order valence-electron chi connectivity index (χ3n) is 6.05. The molecular weight excluding hydrogens is 476 g/mol. The first-order valence-electron chi connectivity index (χ1n) is 12.2. The van der Waals surface area contributed by atoms with Crippen molar-refractivity contribution in [3.63, 3.8) is 0 Å². The number of carbonyl (C=O) groups is 3. The van der Waals surface area contributed by atoms with Gasteiger partial charge in [-0.05, 0) is 36.1 Å². The number of Topliss-reactive ketones (excluding diaryl/α,β-unsaturated/α-hetero) is 1. The van der Waals surface area contributed by atoms with Gasteiger partial charge in [0, 0.05) is 24.1 Å². The number of aromatic amines is 1. The van der Waals surface area contributed by atoms with Crippen molar-refractivity contribution in [2.24, 2.45) is 5.41 Å². The Morgan fingerprint density at radius 3 is 2.43 bits per heavy atom. The Balaban J connectivity index is 1.83. The summed E-state index contributed by atoms with van der Waals surface area (Å²) < 4.78 is 7.88. The Bertz CT molecular complexity index is 1150. The highest BCUT2D eigenvalue weighted by Gasteiger charge is 2.42. The minimum absolute atomic E-state index is 0.00169. The van der Waals surface area contributed by atoms with Crippen molar-refractivity contribution >= 4 is 23.6 Å². The van der Waals surface area contributed by atoms with Crippen LogP contribution in [0.25, 0.3) is 5.69 Å². The highest BCUT2D eigenvalue weighted by atomic mass is 16.5. The van der Waals surface area contributed by atoms with Gasteiger partial charge in [-0.2, -0.15) is 5.10 Å². The van der Waals surface area contributed by atoms with E-state index in [4.69, 9.17) is 4.74 Å². The fraction of sp³-hybridized carbons (Fsp3) is 0.423. The zero-order valence-electron chi connectivity index (χ0n) is 21.5. The van der Waals surface area contributed by atoms with E-state index in [0.29, 0.717) is 12.2 Å². The average molecular weight is 511 g/mol. The van der Waals surface area contributed by atoms with Gasteiger partial charge in [-0.1, -0.05) is 40.5 Å². The monoisotopic (exact) mass is 510 g/mol. The molecule has 0 spiro atoms. The molecule has 0 saturated heterocycles. The number of ether oxygens (including phenoxy) is 1. The Morgan fingerprint density at radius 2 is 1.89 bits per heavy atom. The van der Waals surface area contributed by atoms with Crippen molar-refractivity contribution in [2.45, 2.75) is 59.0 Å². The number of nitrogens with zero attached hydrogens (tertiary/aromatic N) is 4. The molecule has 2 aromatic heterocycles. The second-order valence-corrected chi connectivity index (χ2v) is 9.79. The third kappa shape index (κ3) is 7.18. The van der Waals surface area contributed by atoms with Crippen molar-refractivity contribution in [3.05, 3.63) is 55.2 Å². The van der Waals surface area contributed by atoms with Gasteiger partial charge < -0.3 is 19.7 Å². The number of nitrogens with one attached hydrogen (secondary N) is 2. The largest absolute Gasteiger partial charge is 0.491 e. The van der Waals surface area contributed by atoms with Crippen molar-refractivity contribution in [3.8, 4) is 11.4 Å². The van der Waals surface area contributed by atoms with Crippen LogP contribution in [0, 0.1) is 5.41 Å². The minimum Gasteiger partial charge on any atom is -0.491 e. The predicted molar refractivity (Wildman–Crippen MR) is 138 cm³/mol. The average Bonchev–Trinajstić information content (AvgIpc) is 3.57. The van der Waals surface area contributed by atoms with Gasteiger partial charge in [-0.25, -0.2) is 9.78 Å². The fourth-order valence-corrected chi connectivity index (χ4v) is 3.99. The summed E-state index contributed by atoms with van der Waals surface area (Å²) in [7, 11) is 0. The van der Waals surface area contributed by atoms with Crippen molar-refractivity contribution in [2.75, 3.05) is 11.9 Å². The van der Waals surface area contributed by atoms with E-state index in [9.17, 15) is 19.5 Å². The molecule has 198 valence electrons. The number of rotatable bonds is 12. The van der Waals surface area contributed by atoms with Crippen LogP contribution in [0.4, 0.5) is 10.6 Å². The third-order valence-corrected chi connectivity index (χ3v) is 6.05. The van der Waals surface area contributed by atoms with Crippen molar-refractivity contribution in [1.29, 1.82) is 0 Å². The number of imidazole rings is 1. The summed E-state index contributed by atoms with van der Waals surface area (Å²) in [6.45, 7) is 7.58. The van der Waals surface area contributed by atoms with Crippen molar-refractivity contribution < 1.29 is 24.2 Å². The normalized spacial score (nSPS) is 13.0. The second-order valence-electron chi connectivity index (χ2n) is 9.79. The predicted octanol–water partition coefficient (Wildman–Crippen LogP) is 4.14. The highest BCUT2D eigenvalue weighted by Crippen LogP contribution is 2.29. The molecule has 0 radical (unpaired) electrons. The van der Waals surface area contributed by atoms with Gasteiger partial charge in [0.05, 0.1) is 18.6 Å².